The van der Waals surface area contributed by atoms with Gasteiger partial charge in [0.25, 0.3) is 0 Å². The lowest BCUT2D eigenvalue weighted by Gasteiger charge is -2.26. The largest absolute Gasteiger partial charge is 0.310 e. The van der Waals surface area contributed by atoms with E-state index in [0.29, 0.717) is 12.6 Å². The quantitative estimate of drug-likeness (QED) is 0.852. The molecular formula is C17H29FN2. The van der Waals surface area contributed by atoms with Crippen molar-refractivity contribution in [3.05, 3.63) is 35.1 Å². The number of hydrogen-bond acceptors (Lipinski definition) is 2. The summed E-state index contributed by atoms with van der Waals surface area (Å²) in [5, 5.41) is 3.36. The van der Waals surface area contributed by atoms with Crippen molar-refractivity contribution in [2.45, 2.75) is 53.8 Å². The molecule has 1 aromatic carbocycles. The minimum Gasteiger partial charge on any atom is -0.310 e. The van der Waals surface area contributed by atoms with Crippen LogP contribution in [0, 0.1) is 11.2 Å². The maximum Gasteiger partial charge on any atom is 0.127 e. The summed E-state index contributed by atoms with van der Waals surface area (Å²) in [6.45, 7) is 13.2. The van der Waals surface area contributed by atoms with Crippen LogP contribution in [0.2, 0.25) is 0 Å². The number of halogens is 1. The lowest BCUT2D eigenvalue weighted by Crippen LogP contribution is -2.29. The number of benzene rings is 1. The monoisotopic (exact) mass is 280 g/mol. The zero-order chi connectivity index (χ0) is 15.3. The Labute approximate surface area is 123 Å². The Morgan fingerprint density at radius 2 is 1.90 bits per heavy atom. The highest BCUT2D eigenvalue weighted by Crippen LogP contribution is 2.18. The second kappa shape index (κ2) is 7.19. The Morgan fingerprint density at radius 1 is 1.25 bits per heavy atom. The third-order valence-corrected chi connectivity index (χ3v) is 3.01. The predicted molar refractivity (Wildman–Crippen MR) is 84.2 cm³/mol. The zero-order valence-electron chi connectivity index (χ0n) is 13.8. The number of nitrogens with one attached hydrogen (secondary N) is 1. The molecule has 0 radical (unpaired) electrons. The van der Waals surface area contributed by atoms with Gasteiger partial charge in [0.05, 0.1) is 0 Å². The molecule has 1 rings (SSSR count). The standard InChI is InChI=1S/C17H29FN2/c1-13(2)19-10-14-7-8-16(18)15(9-14)11-20(6)12-17(3,4)5/h7-9,13,19H,10-12H2,1-6H3. The van der Waals surface area contributed by atoms with E-state index in [1.165, 1.54) is 0 Å². The van der Waals surface area contributed by atoms with Crippen molar-refractivity contribution in [2.24, 2.45) is 5.41 Å². The van der Waals surface area contributed by atoms with Crippen LogP contribution >= 0.6 is 0 Å². The van der Waals surface area contributed by atoms with E-state index < -0.39 is 0 Å². The van der Waals surface area contributed by atoms with E-state index in [0.717, 1.165) is 24.2 Å². The van der Waals surface area contributed by atoms with Crippen LogP contribution < -0.4 is 5.32 Å². The minimum absolute atomic E-state index is 0.112. The van der Waals surface area contributed by atoms with E-state index in [9.17, 15) is 4.39 Å². The molecule has 20 heavy (non-hydrogen) atoms. The molecular weight excluding hydrogens is 251 g/mol. The van der Waals surface area contributed by atoms with Crippen LogP contribution in [0.5, 0.6) is 0 Å². The van der Waals surface area contributed by atoms with E-state index in [1.807, 2.05) is 19.2 Å². The van der Waals surface area contributed by atoms with Gasteiger partial charge in [0.15, 0.2) is 0 Å². The van der Waals surface area contributed by atoms with Gasteiger partial charge in [-0.25, -0.2) is 4.39 Å². The van der Waals surface area contributed by atoms with Gasteiger partial charge in [-0.1, -0.05) is 46.8 Å². The summed E-state index contributed by atoms with van der Waals surface area (Å²) in [7, 11) is 2.05. The first kappa shape index (κ1) is 17.1. The highest BCUT2D eigenvalue weighted by atomic mass is 19.1. The van der Waals surface area contributed by atoms with E-state index in [1.54, 1.807) is 6.07 Å². The van der Waals surface area contributed by atoms with Crippen molar-refractivity contribution in [1.29, 1.82) is 0 Å². The van der Waals surface area contributed by atoms with Gasteiger partial charge in [0.1, 0.15) is 5.82 Å². The SMILES string of the molecule is CC(C)NCc1ccc(F)c(CN(C)CC(C)(C)C)c1. The summed E-state index contributed by atoms with van der Waals surface area (Å²) in [5.41, 5.74) is 2.14. The molecule has 0 aliphatic heterocycles. The van der Waals surface area contributed by atoms with Gasteiger partial charge < -0.3 is 10.2 Å². The molecule has 0 atom stereocenters. The van der Waals surface area contributed by atoms with Gasteiger partial charge in [-0.05, 0) is 24.1 Å². The second-order valence-electron chi connectivity index (χ2n) is 7.19. The summed E-state index contributed by atoms with van der Waals surface area (Å²) in [4.78, 5) is 2.18. The average molecular weight is 280 g/mol. The lowest BCUT2D eigenvalue weighted by molar-refractivity contribution is 0.218. The van der Waals surface area contributed by atoms with Gasteiger partial charge in [0.2, 0.25) is 0 Å². The predicted octanol–water partition coefficient (Wildman–Crippen LogP) is 3.80. The Bertz CT molecular complexity index is 421. The first-order valence-electron chi connectivity index (χ1n) is 7.36. The van der Waals surface area contributed by atoms with Crippen molar-refractivity contribution in [3.8, 4) is 0 Å². The molecule has 0 aliphatic rings. The second-order valence-corrected chi connectivity index (χ2v) is 7.19. The third-order valence-electron chi connectivity index (χ3n) is 3.01. The fourth-order valence-electron chi connectivity index (χ4n) is 2.34. The highest BCUT2D eigenvalue weighted by molar-refractivity contribution is 5.25. The molecule has 0 heterocycles. The average Bonchev–Trinajstić information content (AvgIpc) is 2.27. The Hall–Kier alpha value is -0.930. The van der Waals surface area contributed by atoms with Gasteiger partial charge in [0, 0.05) is 31.2 Å². The van der Waals surface area contributed by atoms with Gasteiger partial charge >= 0.3 is 0 Å². The first-order valence-corrected chi connectivity index (χ1v) is 7.36. The van der Waals surface area contributed by atoms with Crippen molar-refractivity contribution >= 4 is 0 Å². The van der Waals surface area contributed by atoms with Crippen LogP contribution in [0.1, 0.15) is 45.7 Å². The van der Waals surface area contributed by atoms with Crippen LogP contribution in [0.15, 0.2) is 18.2 Å². The minimum atomic E-state index is -0.112. The Morgan fingerprint density at radius 3 is 2.45 bits per heavy atom. The summed E-state index contributed by atoms with van der Waals surface area (Å²) in [6, 6.07) is 5.85. The molecule has 1 N–H and O–H groups in total. The summed E-state index contributed by atoms with van der Waals surface area (Å²) in [5.74, 6) is -0.112. The summed E-state index contributed by atoms with van der Waals surface area (Å²) in [6.07, 6.45) is 0. The van der Waals surface area contributed by atoms with Crippen molar-refractivity contribution in [3.63, 3.8) is 0 Å². The maximum absolute atomic E-state index is 13.9. The van der Waals surface area contributed by atoms with Crippen molar-refractivity contribution in [1.82, 2.24) is 10.2 Å². The third kappa shape index (κ3) is 6.49. The maximum atomic E-state index is 13.9. The molecule has 0 bridgehead atoms. The molecule has 0 aromatic heterocycles. The molecule has 1 aromatic rings. The molecule has 3 heteroatoms. The fraction of sp³-hybridized carbons (Fsp3) is 0.647. The number of nitrogens with zero attached hydrogens (tertiary/aromatic N) is 1. The van der Waals surface area contributed by atoms with Crippen LogP contribution in [-0.2, 0) is 13.1 Å². The Balaban J connectivity index is 2.71. The molecule has 0 saturated carbocycles. The van der Waals surface area contributed by atoms with Crippen LogP contribution in [-0.4, -0.2) is 24.5 Å². The fourth-order valence-corrected chi connectivity index (χ4v) is 2.34. The molecule has 0 spiro atoms. The smallest absolute Gasteiger partial charge is 0.127 e. The first-order chi connectivity index (χ1) is 9.17. The van der Waals surface area contributed by atoms with Crippen molar-refractivity contribution < 1.29 is 4.39 Å². The summed E-state index contributed by atoms with van der Waals surface area (Å²) >= 11 is 0. The number of hydrogen-bond donors (Lipinski definition) is 1. The molecule has 0 saturated heterocycles. The Kier molecular flexibility index (Phi) is 6.15. The van der Waals surface area contributed by atoms with Crippen molar-refractivity contribution in [2.75, 3.05) is 13.6 Å². The number of rotatable bonds is 6. The normalized spacial score (nSPS) is 12.4. The molecule has 114 valence electrons. The highest BCUT2D eigenvalue weighted by Gasteiger charge is 2.15. The van der Waals surface area contributed by atoms with Gasteiger partial charge in [-0.3, -0.25) is 0 Å². The van der Waals surface area contributed by atoms with Crippen LogP contribution in [0.3, 0.4) is 0 Å². The van der Waals surface area contributed by atoms with Gasteiger partial charge in [-0.15, -0.1) is 0 Å². The molecule has 0 fully saturated rings. The lowest BCUT2D eigenvalue weighted by atomic mass is 9.96. The van der Waals surface area contributed by atoms with Crippen LogP contribution in [0.25, 0.3) is 0 Å². The molecule has 0 amide bonds. The van der Waals surface area contributed by atoms with E-state index in [4.69, 9.17) is 0 Å². The zero-order valence-corrected chi connectivity index (χ0v) is 13.8. The van der Waals surface area contributed by atoms with E-state index in [2.05, 4.69) is 44.8 Å². The van der Waals surface area contributed by atoms with E-state index >= 15 is 0 Å². The molecule has 0 aliphatic carbocycles. The molecule has 2 nitrogen and oxygen atoms in total. The topological polar surface area (TPSA) is 15.3 Å². The molecule has 0 unspecified atom stereocenters. The van der Waals surface area contributed by atoms with E-state index in [-0.39, 0.29) is 11.2 Å². The van der Waals surface area contributed by atoms with Gasteiger partial charge in [-0.2, -0.15) is 0 Å². The van der Waals surface area contributed by atoms with Crippen LogP contribution in [0.4, 0.5) is 4.39 Å². The summed E-state index contributed by atoms with van der Waals surface area (Å²) < 4.78 is 13.9.